The maximum Gasteiger partial charge on any atom is 0.269 e. The van der Waals surface area contributed by atoms with Gasteiger partial charge >= 0.3 is 0 Å². The van der Waals surface area contributed by atoms with Crippen LogP contribution in [0.2, 0.25) is 0 Å². The lowest BCUT2D eigenvalue weighted by molar-refractivity contribution is -0.384. The van der Waals surface area contributed by atoms with Crippen LogP contribution in [0.1, 0.15) is 25.5 Å². The molecule has 2 unspecified atom stereocenters. The van der Waals surface area contributed by atoms with Gasteiger partial charge in [0.1, 0.15) is 5.78 Å². The molecule has 0 amide bonds. The minimum atomic E-state index is -0.918. The highest BCUT2D eigenvalue weighted by atomic mass is 16.6. The highest BCUT2D eigenvalue weighted by molar-refractivity contribution is 5.78. The van der Waals surface area contributed by atoms with E-state index in [0.717, 1.165) is 0 Å². The zero-order valence-electron chi connectivity index (χ0n) is 9.08. The molecule has 1 aromatic rings. The zero-order chi connectivity index (χ0) is 12.3. The quantitative estimate of drug-likeness (QED) is 0.624. The molecular formula is C11H13NO4. The third-order valence-corrected chi connectivity index (χ3v) is 2.56. The van der Waals surface area contributed by atoms with Gasteiger partial charge in [-0.15, -0.1) is 0 Å². The van der Waals surface area contributed by atoms with Crippen molar-refractivity contribution >= 4 is 11.5 Å². The third kappa shape index (κ3) is 2.64. The highest BCUT2D eigenvalue weighted by Crippen LogP contribution is 2.24. The molecule has 5 nitrogen and oxygen atoms in total. The lowest BCUT2D eigenvalue weighted by atomic mass is 9.94. The van der Waals surface area contributed by atoms with Gasteiger partial charge in [-0.2, -0.15) is 0 Å². The summed E-state index contributed by atoms with van der Waals surface area (Å²) >= 11 is 0. The van der Waals surface area contributed by atoms with Gasteiger partial charge in [-0.1, -0.05) is 6.92 Å². The monoisotopic (exact) mass is 223 g/mol. The third-order valence-electron chi connectivity index (χ3n) is 2.56. The van der Waals surface area contributed by atoms with Crippen molar-refractivity contribution in [1.29, 1.82) is 0 Å². The maximum atomic E-state index is 11.1. The van der Waals surface area contributed by atoms with Crippen LogP contribution in [0.3, 0.4) is 0 Å². The van der Waals surface area contributed by atoms with Gasteiger partial charge in [-0.05, 0) is 24.6 Å². The number of benzene rings is 1. The van der Waals surface area contributed by atoms with Crippen LogP contribution >= 0.6 is 0 Å². The molecule has 1 N–H and O–H groups in total. The Labute approximate surface area is 92.9 Å². The van der Waals surface area contributed by atoms with E-state index in [2.05, 4.69) is 0 Å². The smallest absolute Gasteiger partial charge is 0.269 e. The molecule has 1 rings (SSSR count). The van der Waals surface area contributed by atoms with E-state index in [1.165, 1.54) is 31.2 Å². The number of Topliss-reactive ketones (excluding diaryl/α,β-unsaturated/α-hetero) is 1. The van der Waals surface area contributed by atoms with Crippen LogP contribution in [0.15, 0.2) is 24.3 Å². The molecule has 16 heavy (non-hydrogen) atoms. The molecular weight excluding hydrogens is 210 g/mol. The van der Waals surface area contributed by atoms with Gasteiger partial charge in [-0.25, -0.2) is 0 Å². The molecule has 0 aliphatic rings. The Kier molecular flexibility index (Phi) is 3.73. The molecule has 0 bridgehead atoms. The van der Waals surface area contributed by atoms with E-state index >= 15 is 0 Å². The van der Waals surface area contributed by atoms with Crippen molar-refractivity contribution in [3.05, 3.63) is 39.9 Å². The Hall–Kier alpha value is -1.75. The van der Waals surface area contributed by atoms with Gasteiger partial charge in [0, 0.05) is 18.1 Å². The van der Waals surface area contributed by atoms with Crippen LogP contribution in [0, 0.1) is 16.0 Å². The molecule has 0 heterocycles. The number of nitro groups is 1. The van der Waals surface area contributed by atoms with Crippen molar-refractivity contribution in [1.82, 2.24) is 0 Å². The number of carbonyl (C=O) groups excluding carboxylic acids is 1. The number of hydrogen-bond donors (Lipinski definition) is 1. The Balaban J connectivity index is 2.89. The highest BCUT2D eigenvalue weighted by Gasteiger charge is 2.20. The fourth-order valence-corrected chi connectivity index (χ4v) is 1.30. The second-order valence-corrected chi connectivity index (χ2v) is 3.69. The van der Waals surface area contributed by atoms with Crippen LogP contribution in [-0.4, -0.2) is 15.8 Å². The molecule has 0 spiro atoms. The number of nitrogens with zero attached hydrogens (tertiary/aromatic N) is 1. The van der Waals surface area contributed by atoms with E-state index in [0.29, 0.717) is 5.56 Å². The average Bonchev–Trinajstić information content (AvgIpc) is 2.27. The van der Waals surface area contributed by atoms with Crippen LogP contribution in [0.4, 0.5) is 5.69 Å². The number of hydrogen-bond acceptors (Lipinski definition) is 4. The summed E-state index contributed by atoms with van der Waals surface area (Å²) in [5.41, 5.74) is 0.472. The lowest BCUT2D eigenvalue weighted by Gasteiger charge is -2.16. The van der Waals surface area contributed by atoms with E-state index < -0.39 is 16.9 Å². The van der Waals surface area contributed by atoms with Gasteiger partial charge in [0.05, 0.1) is 11.0 Å². The van der Waals surface area contributed by atoms with Crippen molar-refractivity contribution in [2.75, 3.05) is 0 Å². The van der Waals surface area contributed by atoms with Crippen LogP contribution < -0.4 is 0 Å². The molecule has 0 fully saturated rings. The first-order chi connectivity index (χ1) is 7.43. The number of carbonyl (C=O) groups is 1. The van der Waals surface area contributed by atoms with Gasteiger partial charge in [0.15, 0.2) is 0 Å². The Morgan fingerprint density at radius 3 is 2.25 bits per heavy atom. The number of non-ortho nitro benzene ring substituents is 1. The first-order valence-electron chi connectivity index (χ1n) is 4.86. The minimum absolute atomic E-state index is 0.0357. The maximum absolute atomic E-state index is 11.1. The largest absolute Gasteiger partial charge is 0.388 e. The second kappa shape index (κ2) is 4.85. The molecule has 0 aliphatic heterocycles. The lowest BCUT2D eigenvalue weighted by Crippen LogP contribution is -2.16. The topological polar surface area (TPSA) is 80.4 Å². The summed E-state index contributed by atoms with van der Waals surface area (Å²) in [5, 5.41) is 20.2. The van der Waals surface area contributed by atoms with E-state index in [1.54, 1.807) is 6.92 Å². The van der Waals surface area contributed by atoms with E-state index in [4.69, 9.17) is 0 Å². The number of nitro benzene ring substituents is 1. The predicted octanol–water partition coefficient (Wildman–Crippen LogP) is 1.85. The standard InChI is InChI=1S/C11H13NO4/c1-7(8(2)13)11(14)9-3-5-10(6-4-9)12(15)16/h3-7,11,14H,1-2H3. The summed E-state index contributed by atoms with van der Waals surface area (Å²) < 4.78 is 0. The fourth-order valence-electron chi connectivity index (χ4n) is 1.30. The number of rotatable bonds is 4. The molecule has 0 aliphatic carbocycles. The van der Waals surface area contributed by atoms with Crippen molar-refractivity contribution < 1.29 is 14.8 Å². The normalized spacial score (nSPS) is 14.2. The number of aliphatic hydroxyl groups is 1. The summed E-state index contributed by atoms with van der Waals surface area (Å²) in [7, 11) is 0. The van der Waals surface area contributed by atoms with Crippen LogP contribution in [-0.2, 0) is 4.79 Å². The van der Waals surface area contributed by atoms with Gasteiger partial charge in [0.25, 0.3) is 5.69 Å². The zero-order valence-corrected chi connectivity index (χ0v) is 9.08. The van der Waals surface area contributed by atoms with Gasteiger partial charge in [-0.3, -0.25) is 14.9 Å². The summed E-state index contributed by atoms with van der Waals surface area (Å²) in [4.78, 5) is 21.0. The molecule has 5 heteroatoms. The molecule has 86 valence electrons. The van der Waals surface area contributed by atoms with Crippen molar-refractivity contribution in [2.24, 2.45) is 5.92 Å². The van der Waals surface area contributed by atoms with Gasteiger partial charge < -0.3 is 5.11 Å². The summed E-state index contributed by atoms with van der Waals surface area (Å²) in [6, 6.07) is 5.54. The number of aliphatic hydroxyl groups excluding tert-OH is 1. The molecule has 0 saturated carbocycles. The molecule has 0 radical (unpaired) electrons. The summed E-state index contributed by atoms with van der Waals surface area (Å²) in [6.45, 7) is 3.02. The molecule has 0 saturated heterocycles. The van der Waals surface area contributed by atoms with E-state index in [1.807, 2.05) is 0 Å². The van der Waals surface area contributed by atoms with Gasteiger partial charge in [0.2, 0.25) is 0 Å². The second-order valence-electron chi connectivity index (χ2n) is 3.69. The van der Waals surface area contributed by atoms with E-state index in [-0.39, 0.29) is 11.5 Å². The van der Waals surface area contributed by atoms with Crippen molar-refractivity contribution in [3.63, 3.8) is 0 Å². The van der Waals surface area contributed by atoms with Crippen molar-refractivity contribution in [3.8, 4) is 0 Å². The van der Waals surface area contributed by atoms with Crippen LogP contribution in [0.25, 0.3) is 0 Å². The summed E-state index contributed by atoms with van der Waals surface area (Å²) in [6.07, 6.45) is -0.918. The molecule has 2 atom stereocenters. The van der Waals surface area contributed by atoms with Crippen molar-refractivity contribution in [2.45, 2.75) is 20.0 Å². The van der Waals surface area contributed by atoms with Crippen LogP contribution in [0.5, 0.6) is 0 Å². The minimum Gasteiger partial charge on any atom is -0.388 e. The average molecular weight is 223 g/mol. The first kappa shape index (κ1) is 12.3. The fraction of sp³-hybridized carbons (Fsp3) is 0.364. The Bertz CT molecular complexity index is 399. The SMILES string of the molecule is CC(=O)C(C)C(O)c1ccc([N+](=O)[O-])cc1. The number of ketones is 1. The van der Waals surface area contributed by atoms with E-state index in [9.17, 15) is 20.0 Å². The molecule has 0 aromatic heterocycles. The summed E-state index contributed by atoms with van der Waals surface area (Å²) in [5.74, 6) is -0.632. The predicted molar refractivity (Wildman–Crippen MR) is 57.9 cm³/mol. The molecule has 1 aromatic carbocycles. The Morgan fingerprint density at radius 2 is 1.88 bits per heavy atom. The first-order valence-corrected chi connectivity index (χ1v) is 4.86. The Morgan fingerprint density at radius 1 is 1.38 bits per heavy atom.